The first-order valence-electron chi connectivity index (χ1n) is 7.97. The average molecular weight is 326 g/mol. The normalized spacial score (nSPS) is 16.1. The minimum Gasteiger partial charge on any atom is -0.325 e. The molecule has 2 rings (SSSR count). The van der Waals surface area contributed by atoms with E-state index in [1.807, 2.05) is 19.2 Å². The molecule has 0 unspecified atom stereocenters. The molecule has 22 heavy (non-hydrogen) atoms. The second kappa shape index (κ2) is 9.82. The van der Waals surface area contributed by atoms with Gasteiger partial charge in [-0.1, -0.05) is 19.1 Å². The van der Waals surface area contributed by atoms with Gasteiger partial charge < -0.3 is 10.6 Å². The van der Waals surface area contributed by atoms with E-state index in [2.05, 4.69) is 34.6 Å². The lowest BCUT2D eigenvalue weighted by molar-refractivity contribution is -0.117. The number of aryl methyl sites for hydroxylation is 1. The molecule has 4 nitrogen and oxygen atoms in total. The van der Waals surface area contributed by atoms with Crippen molar-refractivity contribution in [2.75, 3.05) is 38.5 Å². The summed E-state index contributed by atoms with van der Waals surface area (Å²) in [7, 11) is 2.00. The van der Waals surface area contributed by atoms with Gasteiger partial charge in [-0.15, -0.1) is 12.4 Å². The molecule has 1 saturated heterocycles. The van der Waals surface area contributed by atoms with Crippen LogP contribution in [0.4, 0.5) is 5.69 Å². The van der Waals surface area contributed by atoms with E-state index in [1.54, 1.807) is 0 Å². The molecular weight excluding hydrogens is 298 g/mol. The van der Waals surface area contributed by atoms with Gasteiger partial charge in [-0.2, -0.15) is 0 Å². The number of piperidine rings is 1. The number of amides is 1. The van der Waals surface area contributed by atoms with Gasteiger partial charge in [0.25, 0.3) is 0 Å². The number of likely N-dealkylation sites (tertiary alicyclic amines) is 1. The fourth-order valence-corrected chi connectivity index (χ4v) is 2.91. The zero-order chi connectivity index (χ0) is 15.1. The summed E-state index contributed by atoms with van der Waals surface area (Å²) in [6, 6.07) is 8.09. The van der Waals surface area contributed by atoms with Crippen LogP contribution in [0, 0.1) is 5.92 Å². The van der Waals surface area contributed by atoms with Crippen molar-refractivity contribution in [1.29, 1.82) is 0 Å². The highest BCUT2D eigenvalue weighted by Crippen LogP contribution is 2.16. The topological polar surface area (TPSA) is 44.4 Å². The molecule has 1 aliphatic rings. The molecule has 0 atom stereocenters. The van der Waals surface area contributed by atoms with Gasteiger partial charge in [-0.3, -0.25) is 9.69 Å². The van der Waals surface area contributed by atoms with Gasteiger partial charge in [-0.05, 0) is 69.6 Å². The lowest BCUT2D eigenvalue weighted by Gasteiger charge is -2.31. The van der Waals surface area contributed by atoms with Crippen molar-refractivity contribution in [1.82, 2.24) is 10.2 Å². The molecule has 2 N–H and O–H groups in total. The number of nitrogens with one attached hydrogen (secondary N) is 2. The number of hydrogen-bond acceptors (Lipinski definition) is 3. The standard InChI is InChI=1S/C17H27N3O.ClH/c1-3-14-5-4-6-16(11-14)19-17(21)13-20-9-7-15(8-10-20)12-18-2;/h4-6,11,15,18H,3,7-10,12-13H2,1-2H3,(H,19,21);1H. The monoisotopic (exact) mass is 325 g/mol. The van der Waals surface area contributed by atoms with Gasteiger partial charge in [0.2, 0.25) is 5.91 Å². The molecule has 1 aromatic carbocycles. The average Bonchev–Trinajstić information content (AvgIpc) is 2.49. The predicted molar refractivity (Wildman–Crippen MR) is 94.8 cm³/mol. The van der Waals surface area contributed by atoms with Crippen LogP contribution >= 0.6 is 12.4 Å². The number of carbonyl (C=O) groups excluding carboxylic acids is 1. The van der Waals surface area contributed by atoms with Gasteiger partial charge in [-0.25, -0.2) is 0 Å². The Kier molecular flexibility index (Phi) is 8.46. The highest BCUT2D eigenvalue weighted by atomic mass is 35.5. The summed E-state index contributed by atoms with van der Waals surface area (Å²) < 4.78 is 0. The van der Waals surface area contributed by atoms with Crippen molar-refractivity contribution in [3.8, 4) is 0 Å². The minimum absolute atomic E-state index is 0. The lowest BCUT2D eigenvalue weighted by Crippen LogP contribution is -2.40. The molecule has 5 heteroatoms. The van der Waals surface area contributed by atoms with E-state index in [0.717, 1.165) is 37.7 Å². The Morgan fingerprint density at radius 3 is 2.68 bits per heavy atom. The Bertz CT molecular complexity index is 459. The summed E-state index contributed by atoms with van der Waals surface area (Å²) in [5.41, 5.74) is 2.16. The molecule has 124 valence electrons. The molecule has 1 amide bonds. The van der Waals surface area contributed by atoms with Crippen molar-refractivity contribution in [2.24, 2.45) is 5.92 Å². The largest absolute Gasteiger partial charge is 0.325 e. The molecule has 0 aliphatic carbocycles. The summed E-state index contributed by atoms with van der Waals surface area (Å²) in [6.45, 7) is 5.76. The maximum atomic E-state index is 12.1. The van der Waals surface area contributed by atoms with Crippen molar-refractivity contribution >= 4 is 24.0 Å². The highest BCUT2D eigenvalue weighted by molar-refractivity contribution is 5.92. The Balaban J connectivity index is 0.00000242. The second-order valence-electron chi connectivity index (χ2n) is 5.88. The molecule has 1 fully saturated rings. The third-order valence-electron chi connectivity index (χ3n) is 4.19. The zero-order valence-corrected chi connectivity index (χ0v) is 14.4. The van der Waals surface area contributed by atoms with Crippen molar-refractivity contribution in [2.45, 2.75) is 26.2 Å². The van der Waals surface area contributed by atoms with E-state index in [1.165, 1.54) is 18.4 Å². The van der Waals surface area contributed by atoms with Crippen LogP contribution in [-0.4, -0.2) is 44.0 Å². The maximum Gasteiger partial charge on any atom is 0.238 e. The summed E-state index contributed by atoms with van der Waals surface area (Å²) in [4.78, 5) is 14.4. The second-order valence-corrected chi connectivity index (χ2v) is 5.88. The Labute approximate surface area is 140 Å². The zero-order valence-electron chi connectivity index (χ0n) is 13.6. The van der Waals surface area contributed by atoms with Gasteiger partial charge in [0.15, 0.2) is 0 Å². The molecule has 1 aliphatic heterocycles. The van der Waals surface area contributed by atoms with Crippen LogP contribution in [0.25, 0.3) is 0 Å². The smallest absolute Gasteiger partial charge is 0.238 e. The van der Waals surface area contributed by atoms with E-state index in [0.29, 0.717) is 6.54 Å². The number of rotatable bonds is 6. The van der Waals surface area contributed by atoms with Gasteiger partial charge in [0.05, 0.1) is 6.54 Å². The van der Waals surface area contributed by atoms with Crippen LogP contribution in [0.3, 0.4) is 0 Å². The van der Waals surface area contributed by atoms with E-state index in [-0.39, 0.29) is 18.3 Å². The summed E-state index contributed by atoms with van der Waals surface area (Å²) in [6.07, 6.45) is 3.35. The first kappa shape index (κ1) is 18.9. The van der Waals surface area contributed by atoms with Gasteiger partial charge in [0, 0.05) is 5.69 Å². The number of carbonyl (C=O) groups is 1. The van der Waals surface area contributed by atoms with Crippen LogP contribution in [-0.2, 0) is 11.2 Å². The predicted octanol–water partition coefficient (Wildman–Crippen LogP) is 2.54. The fraction of sp³-hybridized carbons (Fsp3) is 0.588. The Hall–Kier alpha value is -1.10. The highest BCUT2D eigenvalue weighted by Gasteiger charge is 2.20. The Morgan fingerprint density at radius 1 is 1.32 bits per heavy atom. The number of hydrogen-bond donors (Lipinski definition) is 2. The lowest BCUT2D eigenvalue weighted by atomic mass is 9.97. The molecule has 0 saturated carbocycles. The molecule has 0 aromatic heterocycles. The van der Waals surface area contributed by atoms with Crippen molar-refractivity contribution in [3.63, 3.8) is 0 Å². The van der Waals surface area contributed by atoms with E-state index in [9.17, 15) is 4.79 Å². The molecule has 1 heterocycles. The molecule has 0 radical (unpaired) electrons. The summed E-state index contributed by atoms with van der Waals surface area (Å²) >= 11 is 0. The van der Waals surface area contributed by atoms with E-state index < -0.39 is 0 Å². The molecular formula is C17H28ClN3O. The fourth-order valence-electron chi connectivity index (χ4n) is 2.91. The number of halogens is 1. The van der Waals surface area contributed by atoms with Gasteiger partial charge >= 0.3 is 0 Å². The first-order valence-corrected chi connectivity index (χ1v) is 7.97. The molecule has 0 spiro atoms. The van der Waals surface area contributed by atoms with E-state index >= 15 is 0 Å². The maximum absolute atomic E-state index is 12.1. The number of nitrogens with zero attached hydrogens (tertiary/aromatic N) is 1. The minimum atomic E-state index is 0. The van der Waals surface area contributed by atoms with Crippen molar-refractivity contribution < 1.29 is 4.79 Å². The molecule has 1 aromatic rings. The summed E-state index contributed by atoms with van der Waals surface area (Å²) in [5.74, 6) is 0.853. The number of anilines is 1. The third-order valence-corrected chi connectivity index (χ3v) is 4.19. The van der Waals surface area contributed by atoms with E-state index in [4.69, 9.17) is 0 Å². The first-order chi connectivity index (χ1) is 10.2. The quantitative estimate of drug-likeness (QED) is 0.845. The van der Waals surface area contributed by atoms with Crippen LogP contribution in [0.2, 0.25) is 0 Å². The molecule has 0 bridgehead atoms. The van der Waals surface area contributed by atoms with Crippen LogP contribution < -0.4 is 10.6 Å². The van der Waals surface area contributed by atoms with Crippen LogP contribution in [0.5, 0.6) is 0 Å². The Morgan fingerprint density at radius 2 is 2.05 bits per heavy atom. The number of benzene rings is 1. The van der Waals surface area contributed by atoms with Crippen LogP contribution in [0.1, 0.15) is 25.3 Å². The third kappa shape index (κ3) is 5.95. The SMILES string of the molecule is CCc1cccc(NC(=O)CN2CCC(CNC)CC2)c1.Cl. The summed E-state index contributed by atoms with van der Waals surface area (Å²) in [5, 5.41) is 6.25. The van der Waals surface area contributed by atoms with Gasteiger partial charge in [0.1, 0.15) is 0 Å². The van der Waals surface area contributed by atoms with Crippen LogP contribution in [0.15, 0.2) is 24.3 Å². The van der Waals surface area contributed by atoms with Crippen molar-refractivity contribution in [3.05, 3.63) is 29.8 Å².